The summed E-state index contributed by atoms with van der Waals surface area (Å²) >= 11 is 0. The summed E-state index contributed by atoms with van der Waals surface area (Å²) in [7, 11) is 0. The number of benzene rings is 3. The highest BCUT2D eigenvalue weighted by atomic mass is 16.5. The van der Waals surface area contributed by atoms with Crippen LogP contribution in [-0.2, 0) is 15.0 Å². The molecule has 1 unspecified atom stereocenters. The first-order chi connectivity index (χ1) is 25.7. The fourth-order valence-electron chi connectivity index (χ4n) is 8.05. The first-order valence-corrected chi connectivity index (χ1v) is 18.2. The van der Waals surface area contributed by atoms with Gasteiger partial charge in [0, 0.05) is 43.3 Å². The molecule has 0 bridgehead atoms. The van der Waals surface area contributed by atoms with Gasteiger partial charge in [-0.25, -0.2) is 9.97 Å². The maximum absolute atomic E-state index is 13.2. The predicted molar refractivity (Wildman–Crippen MR) is 193 cm³/mol. The van der Waals surface area contributed by atoms with Crippen molar-refractivity contribution in [2.75, 3.05) is 5.32 Å². The number of piperidine rings is 1. The molecule has 53 heavy (non-hydrogen) atoms. The molecule has 2 N–H and O–H groups in total. The van der Waals surface area contributed by atoms with Gasteiger partial charge in [0.05, 0.1) is 23.5 Å². The van der Waals surface area contributed by atoms with E-state index in [0.29, 0.717) is 11.5 Å². The molecule has 0 radical (unpaired) electrons. The van der Waals surface area contributed by atoms with Crippen LogP contribution in [0.1, 0.15) is 107 Å². The van der Waals surface area contributed by atoms with Gasteiger partial charge in [0.2, 0.25) is 11.8 Å². The van der Waals surface area contributed by atoms with E-state index in [9.17, 15) is 24.0 Å². The van der Waals surface area contributed by atoms with Crippen LogP contribution in [0.3, 0.4) is 0 Å². The number of aromatic nitrogens is 2. The van der Waals surface area contributed by atoms with Gasteiger partial charge in [-0.15, -0.1) is 0 Å². The number of imide groups is 2. The van der Waals surface area contributed by atoms with Gasteiger partial charge in [-0.1, -0.05) is 43.5 Å². The Balaban J connectivity index is 0.875. The molecule has 12 nitrogen and oxygen atoms in total. The predicted octanol–water partition coefficient (Wildman–Crippen LogP) is 6.14. The first kappa shape index (κ1) is 34.2. The molecule has 2 aliphatic carbocycles. The van der Waals surface area contributed by atoms with Gasteiger partial charge in [-0.05, 0) is 72.9 Å². The smallest absolute Gasteiger partial charge is 0.262 e. The Morgan fingerprint density at radius 1 is 0.811 bits per heavy atom. The number of hydrogen-bond donors (Lipinski definition) is 2. The highest BCUT2D eigenvalue weighted by Gasteiger charge is 2.45. The van der Waals surface area contributed by atoms with E-state index in [4.69, 9.17) is 9.47 Å². The van der Waals surface area contributed by atoms with Gasteiger partial charge >= 0.3 is 0 Å². The summed E-state index contributed by atoms with van der Waals surface area (Å²) in [5.74, 6) is -0.136. The minimum Gasteiger partial charge on any atom is -0.490 e. The number of rotatable bonds is 10. The Kier molecular flexibility index (Phi) is 8.97. The number of fused-ring (bicyclic) bond motifs is 1. The number of amides is 4. The normalized spacial score (nSPS) is 22.1. The molecule has 2 saturated carbocycles. The Bertz CT molecular complexity index is 2090. The monoisotopic (exact) mass is 713 g/mol. The zero-order chi connectivity index (χ0) is 36.7. The summed E-state index contributed by atoms with van der Waals surface area (Å²) in [5, 5.41) is 5.68. The number of nitrogens with one attached hydrogen (secondary N) is 2. The van der Waals surface area contributed by atoms with E-state index in [2.05, 4.69) is 57.0 Å². The van der Waals surface area contributed by atoms with E-state index in [1.54, 1.807) is 18.2 Å². The third-order valence-electron chi connectivity index (χ3n) is 10.9. The highest BCUT2D eigenvalue weighted by Crippen LogP contribution is 2.46. The number of nitrogens with zero attached hydrogens (tertiary/aromatic N) is 3. The topological polar surface area (TPSA) is 157 Å². The molecule has 3 fully saturated rings. The van der Waals surface area contributed by atoms with E-state index in [1.165, 1.54) is 36.9 Å². The summed E-state index contributed by atoms with van der Waals surface area (Å²) in [5.41, 5.74) is 3.64. The minimum atomic E-state index is -0.989. The summed E-state index contributed by atoms with van der Waals surface area (Å²) in [4.78, 5) is 70.8. The van der Waals surface area contributed by atoms with Crippen molar-refractivity contribution in [2.24, 2.45) is 0 Å². The maximum Gasteiger partial charge on any atom is 0.262 e. The number of ketones is 1. The Morgan fingerprint density at radius 3 is 2.09 bits per heavy atom. The van der Waals surface area contributed by atoms with Gasteiger partial charge in [0.1, 0.15) is 23.6 Å². The molecular formula is C41H39N5O7. The van der Waals surface area contributed by atoms with Gasteiger partial charge in [0.15, 0.2) is 17.4 Å². The third kappa shape index (κ3) is 6.65. The average Bonchev–Trinajstić information content (AvgIpc) is 3.39. The molecule has 1 atom stereocenters. The lowest BCUT2D eigenvalue weighted by molar-refractivity contribution is -0.136. The van der Waals surface area contributed by atoms with Crippen molar-refractivity contribution < 1.29 is 33.4 Å². The number of carbonyl (C=O) groups is 5. The molecule has 3 aromatic carbocycles. The molecule has 1 saturated heterocycles. The second-order valence-corrected chi connectivity index (χ2v) is 14.4. The lowest BCUT2D eigenvalue weighted by atomic mass is 9.65. The standard InChI is InChI=1S/C41H39N5O7/c1-24(47)37-42-22-32(23-43-37)53-30-12-7-26(8-13-30)41(17-3-2-4-18-41)25-5-10-29(11-6-25)52-31-19-28(20-31)44-27-9-14-33-34(21-27)40(51)46(39(33)50)35-15-16-36(48)45-38(35)49/h5-14,21-23,28,31,35,44H,2-4,15-20H2,1H3,(H,45,48,49). The fraction of sp³-hybridized carbons (Fsp3) is 0.341. The molecule has 4 aromatic rings. The van der Waals surface area contributed by atoms with Crippen molar-refractivity contribution >= 4 is 35.1 Å². The van der Waals surface area contributed by atoms with Crippen molar-refractivity contribution in [1.29, 1.82) is 0 Å². The quantitative estimate of drug-likeness (QED) is 0.144. The Hall–Kier alpha value is -5.91. The number of ether oxygens (including phenoxy) is 2. The van der Waals surface area contributed by atoms with Crippen molar-refractivity contribution in [2.45, 2.75) is 88.3 Å². The average molecular weight is 714 g/mol. The maximum atomic E-state index is 13.2. The third-order valence-corrected chi connectivity index (χ3v) is 10.9. The van der Waals surface area contributed by atoms with Crippen molar-refractivity contribution in [3.05, 3.63) is 107 Å². The highest BCUT2D eigenvalue weighted by molar-refractivity contribution is 6.23. The van der Waals surface area contributed by atoms with Gasteiger partial charge in [0.25, 0.3) is 11.8 Å². The zero-order valence-corrected chi connectivity index (χ0v) is 29.3. The van der Waals surface area contributed by atoms with Gasteiger partial charge in [-0.3, -0.25) is 34.2 Å². The largest absolute Gasteiger partial charge is 0.490 e. The minimum absolute atomic E-state index is 0.0410. The first-order valence-electron chi connectivity index (χ1n) is 18.2. The van der Waals surface area contributed by atoms with Crippen LogP contribution in [0.5, 0.6) is 17.2 Å². The van der Waals surface area contributed by atoms with Crippen LogP contribution in [0.15, 0.2) is 79.1 Å². The van der Waals surface area contributed by atoms with Crippen LogP contribution in [0, 0.1) is 0 Å². The van der Waals surface area contributed by atoms with Gasteiger partial charge in [-0.2, -0.15) is 0 Å². The van der Waals surface area contributed by atoms with E-state index >= 15 is 0 Å². The summed E-state index contributed by atoms with van der Waals surface area (Å²) < 4.78 is 12.3. The second-order valence-electron chi connectivity index (χ2n) is 14.4. The van der Waals surface area contributed by atoms with E-state index in [0.717, 1.165) is 54.9 Å². The van der Waals surface area contributed by atoms with Crippen LogP contribution in [0.4, 0.5) is 5.69 Å². The van der Waals surface area contributed by atoms with Crippen LogP contribution in [-0.4, -0.2) is 62.5 Å². The number of hydrogen-bond acceptors (Lipinski definition) is 10. The SMILES string of the molecule is CC(=O)c1ncc(Oc2ccc(C3(c4ccc(OC5CC(Nc6ccc7c(c6)C(=O)N(C6CCC(=O)NC6=O)C7=O)C5)cc4)CCCCC3)cc2)cn1. The van der Waals surface area contributed by atoms with E-state index < -0.39 is 29.7 Å². The van der Waals surface area contributed by atoms with Gasteiger partial charge < -0.3 is 14.8 Å². The summed E-state index contributed by atoms with van der Waals surface area (Å²) in [6.45, 7) is 1.43. The van der Waals surface area contributed by atoms with E-state index in [-0.39, 0.29) is 53.1 Å². The fourth-order valence-corrected chi connectivity index (χ4v) is 8.05. The lowest BCUT2D eigenvalue weighted by Crippen LogP contribution is -2.54. The zero-order valence-electron chi connectivity index (χ0n) is 29.3. The lowest BCUT2D eigenvalue weighted by Gasteiger charge is -2.39. The summed E-state index contributed by atoms with van der Waals surface area (Å²) in [6, 6.07) is 20.9. The molecule has 270 valence electrons. The number of Topliss-reactive ketones (excluding diaryl/α,β-unsaturated/α-hetero) is 1. The number of anilines is 1. The van der Waals surface area contributed by atoms with Crippen LogP contribution < -0.4 is 20.1 Å². The molecule has 0 spiro atoms. The van der Waals surface area contributed by atoms with Crippen LogP contribution >= 0.6 is 0 Å². The molecule has 2 aliphatic heterocycles. The molecule has 1 aromatic heterocycles. The Labute approximate surface area is 306 Å². The van der Waals surface area contributed by atoms with Crippen LogP contribution in [0.25, 0.3) is 0 Å². The molecule has 4 aliphatic rings. The van der Waals surface area contributed by atoms with Crippen molar-refractivity contribution in [1.82, 2.24) is 20.2 Å². The van der Waals surface area contributed by atoms with Crippen molar-refractivity contribution in [3.63, 3.8) is 0 Å². The molecule has 12 heteroatoms. The van der Waals surface area contributed by atoms with Crippen LogP contribution in [0.2, 0.25) is 0 Å². The molecular weight excluding hydrogens is 674 g/mol. The molecule has 3 heterocycles. The molecule has 8 rings (SSSR count). The second kappa shape index (κ2) is 13.9. The summed E-state index contributed by atoms with van der Waals surface area (Å²) in [6.07, 6.45) is 10.4. The van der Waals surface area contributed by atoms with E-state index in [1.807, 2.05) is 12.1 Å². The van der Waals surface area contributed by atoms with Crippen molar-refractivity contribution in [3.8, 4) is 17.2 Å². The molecule has 4 amide bonds. The number of carbonyl (C=O) groups excluding carboxylic acids is 5. The Morgan fingerprint density at radius 2 is 1.45 bits per heavy atom.